The van der Waals surface area contributed by atoms with Crippen LogP contribution in [0.4, 0.5) is 0 Å². The van der Waals surface area contributed by atoms with Gasteiger partial charge in [0, 0.05) is 6.07 Å². The molecule has 98 valence electrons. The van der Waals surface area contributed by atoms with Crippen LogP contribution in [0.2, 0.25) is 0 Å². The van der Waals surface area contributed by atoms with Crippen LogP contribution < -0.4 is 10.2 Å². The molecule has 0 aliphatic heterocycles. The van der Waals surface area contributed by atoms with Gasteiger partial charge in [-0.15, -0.1) is 0 Å². The molecule has 0 atom stereocenters. The Kier molecular flexibility index (Phi) is 3.94. The zero-order valence-electron chi connectivity index (χ0n) is 10.0. The molecule has 0 unspecified atom stereocenters. The van der Waals surface area contributed by atoms with Crippen LogP contribution in [-0.4, -0.2) is 27.4 Å². The molecule has 0 spiro atoms. The summed E-state index contributed by atoms with van der Waals surface area (Å²) in [7, 11) is -1.48. The van der Waals surface area contributed by atoms with Gasteiger partial charge in [-0.25, -0.2) is 0 Å². The summed E-state index contributed by atoms with van der Waals surface area (Å²) in [5, 5.41) is 36.4. The van der Waals surface area contributed by atoms with E-state index in [-0.39, 0.29) is 18.1 Å². The maximum atomic E-state index is 9.31. The topological polar surface area (TPSA) is 90.2 Å². The average Bonchev–Trinajstić information content (AvgIpc) is 2.40. The summed E-state index contributed by atoms with van der Waals surface area (Å²) < 4.78 is 5.43. The number of hydrogen-bond donors (Lipinski definition) is 4. The third-order valence-corrected chi connectivity index (χ3v) is 2.63. The highest BCUT2D eigenvalue weighted by Gasteiger charge is 2.09. The van der Waals surface area contributed by atoms with E-state index in [1.807, 2.05) is 0 Å². The summed E-state index contributed by atoms with van der Waals surface area (Å²) in [6.45, 7) is 0.270. The molecule has 0 bridgehead atoms. The van der Waals surface area contributed by atoms with E-state index in [2.05, 4.69) is 0 Å². The van der Waals surface area contributed by atoms with Crippen LogP contribution in [-0.2, 0) is 6.61 Å². The third kappa shape index (κ3) is 3.40. The van der Waals surface area contributed by atoms with Crippen LogP contribution in [0, 0.1) is 0 Å². The Morgan fingerprint density at radius 3 is 2.16 bits per heavy atom. The fourth-order valence-corrected chi connectivity index (χ4v) is 1.55. The van der Waals surface area contributed by atoms with Crippen molar-refractivity contribution >= 4 is 12.6 Å². The molecule has 0 radical (unpaired) electrons. The first-order valence-electron chi connectivity index (χ1n) is 5.66. The molecule has 0 fully saturated rings. The van der Waals surface area contributed by atoms with E-state index in [4.69, 9.17) is 19.9 Å². The minimum atomic E-state index is -1.48. The van der Waals surface area contributed by atoms with E-state index < -0.39 is 7.12 Å². The average molecular weight is 260 g/mol. The van der Waals surface area contributed by atoms with Gasteiger partial charge in [0.25, 0.3) is 0 Å². The Morgan fingerprint density at radius 2 is 1.58 bits per heavy atom. The molecule has 0 aliphatic rings. The zero-order chi connectivity index (χ0) is 13.8. The van der Waals surface area contributed by atoms with Crippen molar-refractivity contribution in [1.82, 2.24) is 0 Å². The second-order valence-corrected chi connectivity index (χ2v) is 4.05. The summed E-state index contributed by atoms with van der Waals surface area (Å²) in [5.41, 5.74) is 1.25. The lowest BCUT2D eigenvalue weighted by molar-refractivity contribution is 0.302. The molecule has 2 aromatic rings. The molecule has 0 amide bonds. The number of hydrogen-bond acceptors (Lipinski definition) is 5. The Balaban J connectivity index is 2.00. The highest BCUT2D eigenvalue weighted by molar-refractivity contribution is 6.58. The van der Waals surface area contributed by atoms with Crippen molar-refractivity contribution in [2.24, 2.45) is 0 Å². The van der Waals surface area contributed by atoms with Crippen molar-refractivity contribution < 1.29 is 25.0 Å². The van der Waals surface area contributed by atoms with Gasteiger partial charge < -0.3 is 25.0 Å². The first kappa shape index (κ1) is 13.3. The quantitative estimate of drug-likeness (QED) is 0.470. The Morgan fingerprint density at radius 1 is 0.895 bits per heavy atom. The molecule has 0 aromatic heterocycles. The third-order valence-electron chi connectivity index (χ3n) is 2.63. The standard InChI is InChI=1S/C13H13BO5/c15-12-6-5-11(7-13(12)16)19-8-9-1-3-10(4-2-9)14(17)18/h1-7,15-18H,8H2. The molecule has 4 N–H and O–H groups in total. The maximum Gasteiger partial charge on any atom is 0.488 e. The fraction of sp³-hybridized carbons (Fsp3) is 0.0769. The first-order chi connectivity index (χ1) is 9.06. The minimum Gasteiger partial charge on any atom is -0.504 e. The maximum absolute atomic E-state index is 9.31. The van der Waals surface area contributed by atoms with Crippen molar-refractivity contribution in [2.45, 2.75) is 6.61 Å². The van der Waals surface area contributed by atoms with Crippen LogP contribution in [0.25, 0.3) is 0 Å². The summed E-state index contributed by atoms with van der Waals surface area (Å²) >= 11 is 0. The molecular weight excluding hydrogens is 247 g/mol. The monoisotopic (exact) mass is 260 g/mol. The predicted molar refractivity (Wildman–Crippen MR) is 70.4 cm³/mol. The summed E-state index contributed by atoms with van der Waals surface area (Å²) in [6, 6.07) is 10.8. The molecule has 0 saturated carbocycles. The zero-order valence-corrected chi connectivity index (χ0v) is 10.0. The normalized spacial score (nSPS) is 10.2. The summed E-state index contributed by atoms with van der Waals surface area (Å²) in [5.74, 6) is -0.00791. The molecule has 2 rings (SSSR count). The second kappa shape index (κ2) is 5.64. The van der Waals surface area contributed by atoms with Crippen molar-refractivity contribution in [1.29, 1.82) is 0 Å². The lowest BCUT2D eigenvalue weighted by Crippen LogP contribution is -2.29. The van der Waals surface area contributed by atoms with E-state index in [9.17, 15) is 5.11 Å². The predicted octanol–water partition coefficient (Wildman–Crippen LogP) is 0.357. The number of benzene rings is 2. The molecule has 19 heavy (non-hydrogen) atoms. The first-order valence-corrected chi connectivity index (χ1v) is 5.66. The van der Waals surface area contributed by atoms with Gasteiger partial charge in [0.2, 0.25) is 0 Å². The number of aromatic hydroxyl groups is 2. The number of phenols is 2. The van der Waals surface area contributed by atoms with Crippen LogP contribution in [0.3, 0.4) is 0 Å². The summed E-state index contributed by atoms with van der Waals surface area (Å²) in [4.78, 5) is 0. The van der Waals surface area contributed by atoms with Gasteiger partial charge in [-0.1, -0.05) is 24.3 Å². The van der Waals surface area contributed by atoms with Crippen molar-refractivity contribution in [2.75, 3.05) is 0 Å². The van der Waals surface area contributed by atoms with Crippen molar-refractivity contribution in [3.05, 3.63) is 48.0 Å². The van der Waals surface area contributed by atoms with Crippen LogP contribution in [0.1, 0.15) is 5.56 Å². The van der Waals surface area contributed by atoms with E-state index in [0.29, 0.717) is 11.2 Å². The molecule has 0 saturated heterocycles. The van der Waals surface area contributed by atoms with Gasteiger partial charge in [-0.2, -0.15) is 0 Å². The second-order valence-electron chi connectivity index (χ2n) is 4.05. The summed E-state index contributed by atoms with van der Waals surface area (Å²) in [6.07, 6.45) is 0. The van der Waals surface area contributed by atoms with E-state index >= 15 is 0 Å². The smallest absolute Gasteiger partial charge is 0.488 e. The number of rotatable bonds is 4. The molecule has 5 nitrogen and oxygen atoms in total. The van der Waals surface area contributed by atoms with Crippen LogP contribution in [0.5, 0.6) is 17.2 Å². The van der Waals surface area contributed by atoms with Gasteiger partial charge in [-0.05, 0) is 23.2 Å². The van der Waals surface area contributed by atoms with Gasteiger partial charge >= 0.3 is 7.12 Å². The van der Waals surface area contributed by atoms with E-state index in [1.54, 1.807) is 30.3 Å². The van der Waals surface area contributed by atoms with Crippen LogP contribution >= 0.6 is 0 Å². The molecule has 0 aliphatic carbocycles. The van der Waals surface area contributed by atoms with Gasteiger partial charge in [0.05, 0.1) is 0 Å². The Hall–Kier alpha value is -2.18. The van der Waals surface area contributed by atoms with Crippen molar-refractivity contribution in [3.63, 3.8) is 0 Å². The van der Waals surface area contributed by atoms with Crippen LogP contribution in [0.15, 0.2) is 42.5 Å². The van der Waals surface area contributed by atoms with E-state index in [0.717, 1.165) is 5.56 Å². The number of phenolic OH excluding ortho intramolecular Hbond substituents is 2. The van der Waals surface area contributed by atoms with Gasteiger partial charge in [0.1, 0.15) is 12.4 Å². The molecule has 2 aromatic carbocycles. The lowest BCUT2D eigenvalue weighted by atomic mass is 9.80. The van der Waals surface area contributed by atoms with Gasteiger partial charge in [0.15, 0.2) is 11.5 Å². The highest BCUT2D eigenvalue weighted by atomic mass is 16.5. The fourth-order valence-electron chi connectivity index (χ4n) is 1.55. The SMILES string of the molecule is OB(O)c1ccc(COc2ccc(O)c(O)c2)cc1. The molecule has 6 heteroatoms. The minimum absolute atomic E-state index is 0.200. The lowest BCUT2D eigenvalue weighted by Gasteiger charge is -2.08. The number of ether oxygens (including phenoxy) is 1. The Bertz CT molecular complexity index is 553. The van der Waals surface area contributed by atoms with E-state index in [1.165, 1.54) is 12.1 Å². The molecular formula is C13H13BO5. The largest absolute Gasteiger partial charge is 0.504 e. The van der Waals surface area contributed by atoms with Gasteiger partial charge in [-0.3, -0.25) is 0 Å². The Labute approximate surface area is 110 Å². The van der Waals surface area contributed by atoms with Crippen molar-refractivity contribution in [3.8, 4) is 17.2 Å². The highest BCUT2D eigenvalue weighted by Crippen LogP contribution is 2.28. The molecule has 0 heterocycles.